The van der Waals surface area contributed by atoms with E-state index in [4.69, 9.17) is 28.1 Å². The zero-order chi connectivity index (χ0) is 47.1. The smallest absolute Gasteiger partial charge is 0.307 e. The van der Waals surface area contributed by atoms with Crippen LogP contribution < -0.4 is 30.9 Å². The lowest BCUT2D eigenvalue weighted by Crippen LogP contribution is -2.46. The predicted molar refractivity (Wildman–Crippen MR) is 239 cm³/mol. The van der Waals surface area contributed by atoms with Gasteiger partial charge >= 0.3 is 11.8 Å². The van der Waals surface area contributed by atoms with E-state index in [9.17, 15) is 39.6 Å². The van der Waals surface area contributed by atoms with Crippen LogP contribution in [0.25, 0.3) is 38.7 Å². The number of esters is 1. The van der Waals surface area contributed by atoms with E-state index in [-0.39, 0.29) is 67.4 Å². The molecule has 0 saturated heterocycles. The van der Waals surface area contributed by atoms with Crippen molar-refractivity contribution in [2.45, 2.75) is 85.6 Å². The molecule has 344 valence electrons. The van der Waals surface area contributed by atoms with Crippen LogP contribution in [0.2, 0.25) is 0 Å². The highest BCUT2D eigenvalue weighted by Crippen LogP contribution is 2.42. The van der Waals surface area contributed by atoms with Gasteiger partial charge in [-0.05, 0) is 34.0 Å². The number of ether oxygens (including phenoxy) is 5. The van der Waals surface area contributed by atoms with Crippen molar-refractivity contribution in [3.8, 4) is 17.2 Å². The van der Waals surface area contributed by atoms with Crippen LogP contribution in [0, 0.1) is 30.6 Å². The van der Waals surface area contributed by atoms with Crippen molar-refractivity contribution in [2.75, 3.05) is 39.7 Å². The first-order valence-electron chi connectivity index (χ1n) is 21.0. The van der Waals surface area contributed by atoms with E-state index in [0.717, 1.165) is 0 Å². The highest BCUT2D eigenvalue weighted by atomic mass is 16.7. The summed E-state index contributed by atoms with van der Waals surface area (Å²) in [5.41, 5.74) is -2.46. The van der Waals surface area contributed by atoms with Gasteiger partial charge in [-0.3, -0.25) is 19.2 Å². The fourth-order valence-corrected chi connectivity index (χ4v) is 8.30. The summed E-state index contributed by atoms with van der Waals surface area (Å²) in [5.74, 6) is -6.87. The Kier molecular flexibility index (Phi) is 13.8. The van der Waals surface area contributed by atoms with E-state index in [0.29, 0.717) is 6.54 Å². The normalized spacial score (nSPS) is 28.8. The maximum atomic E-state index is 14.7. The Labute approximate surface area is 369 Å². The lowest BCUT2D eigenvalue weighted by Gasteiger charge is -2.38. The number of nitrogens with zero attached hydrogens (tertiary/aromatic N) is 2. The van der Waals surface area contributed by atoms with Crippen molar-refractivity contribution >= 4 is 56.3 Å². The molecular weight excluding hydrogens is 831 g/mol. The molecule has 0 saturated carbocycles. The molecule has 3 heterocycles. The van der Waals surface area contributed by atoms with Crippen molar-refractivity contribution in [2.24, 2.45) is 23.7 Å². The zero-order valence-electron chi connectivity index (χ0n) is 37.8. The second kappa shape index (κ2) is 18.6. The average molecular weight is 888 g/mol. The SMILES string of the molecule is CO[C@H]1/C=C/O[C@@]2(C)Oc3c(C)c(O)c4c(=O)c(c5oc6cc(OCCN(C)C)cc(=O)c6nc5c4c3=C2O)NC(=O)/C(C)=C\C=C\[C@H](C)[C@H](O)[C@@H](C)[C@@H](O)[C@@H](C)[C@H](OC(C)=O)[C@@H]1C. The highest BCUT2D eigenvalue weighted by molar-refractivity contribution is 6.16. The second-order valence-electron chi connectivity index (χ2n) is 17.2. The highest BCUT2D eigenvalue weighted by Gasteiger charge is 2.44. The van der Waals surface area contributed by atoms with Crippen molar-refractivity contribution in [3.63, 3.8) is 0 Å². The molecule has 4 bridgehead atoms. The number of carbonyl (C=O) groups excluding carboxylic acids is 2. The molecular formula is C47H57N3O14. The van der Waals surface area contributed by atoms with Crippen molar-refractivity contribution in [1.29, 1.82) is 0 Å². The number of aliphatic hydroxyl groups is 3. The monoisotopic (exact) mass is 887 g/mol. The van der Waals surface area contributed by atoms with Crippen LogP contribution in [0.4, 0.5) is 5.69 Å². The van der Waals surface area contributed by atoms with E-state index in [1.54, 1.807) is 39.8 Å². The molecule has 4 aromatic rings. The summed E-state index contributed by atoms with van der Waals surface area (Å²) in [6.07, 6.45) is 3.46. The molecule has 17 heteroatoms. The van der Waals surface area contributed by atoms with Gasteiger partial charge in [-0.15, -0.1) is 0 Å². The Balaban J connectivity index is 1.63. The molecule has 17 nitrogen and oxygen atoms in total. The molecule has 0 unspecified atom stereocenters. The number of allylic oxidation sites excluding steroid dienone is 2. The molecule has 5 N–H and O–H groups in total. The number of fused-ring (bicyclic) bond motifs is 2. The standard InChI is InChI=1S/C47H57N3O14/c1-21-13-12-14-22(2)46(58)49-37-41(56)33-32(36-44(37)63-31-20-28(60-18-16-50(9)10)19-29(52)35(31)48-36)34-43(26(6)40(33)55)64-47(8,45(34)57)61-17-15-30(59-11)23(3)42(62-27(7)51)25(5)39(54)24(4)38(21)53/h12-15,17,19-21,23-25,30,38-39,42,53-55,57H,16,18H2,1-11H3,(H,49,58)/b13-12+,17-15+,22-14-/t21-,23+,24+,25+,30-,38-,39+,42+,47-/m0/s1. The molecule has 0 fully saturated rings. The number of carbonyl (C=O) groups is 2. The van der Waals surface area contributed by atoms with Crippen LogP contribution in [0.1, 0.15) is 54.0 Å². The minimum atomic E-state index is -1.99. The van der Waals surface area contributed by atoms with Crippen LogP contribution >= 0.6 is 0 Å². The fourth-order valence-electron chi connectivity index (χ4n) is 8.30. The van der Waals surface area contributed by atoms with E-state index in [1.165, 1.54) is 65.4 Å². The quantitative estimate of drug-likeness (QED) is 0.102. The Morgan fingerprint density at radius 2 is 1.67 bits per heavy atom. The number of benzene rings is 3. The number of nitrogens with one attached hydrogen (secondary N) is 1. The molecule has 2 aliphatic heterocycles. The first kappa shape index (κ1) is 47.5. The predicted octanol–water partition coefficient (Wildman–Crippen LogP) is 4.50. The average Bonchev–Trinajstić information content (AvgIpc) is 3.51. The van der Waals surface area contributed by atoms with Crippen LogP contribution in [0.3, 0.4) is 0 Å². The summed E-state index contributed by atoms with van der Waals surface area (Å²) in [6, 6.07) is 2.68. The van der Waals surface area contributed by atoms with Gasteiger partial charge in [-0.1, -0.05) is 45.9 Å². The topological polar surface area (TPSA) is 237 Å². The summed E-state index contributed by atoms with van der Waals surface area (Å²) in [6.45, 7) is 13.3. The summed E-state index contributed by atoms with van der Waals surface area (Å²) in [4.78, 5) is 61.3. The Morgan fingerprint density at radius 1 is 0.969 bits per heavy atom. The number of aromatic nitrogens is 1. The van der Waals surface area contributed by atoms with Gasteiger partial charge < -0.3 is 58.7 Å². The van der Waals surface area contributed by atoms with Crippen LogP contribution in [-0.2, 0) is 23.8 Å². The third-order valence-electron chi connectivity index (χ3n) is 12.2. The molecule has 9 atom stereocenters. The molecule has 0 spiro atoms. The summed E-state index contributed by atoms with van der Waals surface area (Å²) in [7, 11) is 5.17. The van der Waals surface area contributed by atoms with Gasteiger partial charge in [0.25, 0.3) is 5.91 Å². The number of hydrogen-bond donors (Lipinski definition) is 5. The number of phenols is 1. The number of phenolic OH excluding ortho intramolecular Hbond substituents is 1. The lowest BCUT2D eigenvalue weighted by atomic mass is 9.78. The van der Waals surface area contributed by atoms with E-state index < -0.39 is 93.8 Å². The maximum absolute atomic E-state index is 14.7. The Morgan fingerprint density at radius 3 is 2.33 bits per heavy atom. The molecule has 2 aliphatic rings. The Hall–Kier alpha value is -6.01. The number of anilines is 1. The zero-order valence-corrected chi connectivity index (χ0v) is 37.8. The molecule has 3 aromatic carbocycles. The third-order valence-corrected chi connectivity index (χ3v) is 12.2. The van der Waals surface area contributed by atoms with Gasteiger partial charge in [0.1, 0.15) is 41.2 Å². The van der Waals surface area contributed by atoms with E-state index >= 15 is 0 Å². The van der Waals surface area contributed by atoms with E-state index in [2.05, 4.69) is 10.3 Å². The molecule has 6 rings (SSSR count). The minimum Gasteiger partial charge on any atom is -0.507 e. The summed E-state index contributed by atoms with van der Waals surface area (Å²) < 4.78 is 36.0. The number of aliphatic hydroxyl groups excluding tert-OH is 3. The largest absolute Gasteiger partial charge is 0.507 e. The number of hydrogen-bond acceptors (Lipinski definition) is 16. The maximum Gasteiger partial charge on any atom is 0.307 e. The number of aromatic hydroxyl groups is 1. The van der Waals surface area contributed by atoms with Crippen molar-refractivity contribution in [1.82, 2.24) is 9.88 Å². The lowest BCUT2D eigenvalue weighted by molar-refractivity contribution is -0.160. The summed E-state index contributed by atoms with van der Waals surface area (Å²) in [5, 5.41) is 48.9. The second-order valence-corrected chi connectivity index (χ2v) is 17.2. The van der Waals surface area contributed by atoms with E-state index in [1.807, 2.05) is 19.0 Å². The number of methoxy groups -OCH3 is 1. The van der Waals surface area contributed by atoms with Gasteiger partial charge in [0, 0.05) is 79.8 Å². The first-order chi connectivity index (χ1) is 30.1. The molecule has 1 aromatic heterocycles. The molecule has 0 radical (unpaired) electrons. The molecule has 0 aliphatic carbocycles. The minimum absolute atomic E-state index is 0.0401. The van der Waals surface area contributed by atoms with Crippen LogP contribution in [0.5, 0.6) is 17.2 Å². The number of likely N-dealkylation sites (N-methyl/N-ethyl adjacent to an activating group) is 1. The van der Waals surface area contributed by atoms with Gasteiger partial charge in [0.05, 0.1) is 35.2 Å². The third kappa shape index (κ3) is 8.89. The van der Waals surface area contributed by atoms with Gasteiger partial charge in [-0.2, -0.15) is 0 Å². The number of rotatable bonds is 6. The van der Waals surface area contributed by atoms with Crippen molar-refractivity contribution < 1.29 is 58.1 Å². The Bertz CT molecular complexity index is 2760. The number of amides is 1. The van der Waals surface area contributed by atoms with Gasteiger partial charge in [-0.25, -0.2) is 4.98 Å². The first-order valence-corrected chi connectivity index (χ1v) is 21.0. The molecule has 1 amide bonds. The molecule has 64 heavy (non-hydrogen) atoms. The van der Waals surface area contributed by atoms with Gasteiger partial charge in [0.2, 0.25) is 10.9 Å². The van der Waals surface area contributed by atoms with Crippen LogP contribution in [0.15, 0.2) is 62.3 Å². The summed E-state index contributed by atoms with van der Waals surface area (Å²) >= 11 is 0. The van der Waals surface area contributed by atoms with Crippen LogP contribution in [-0.4, -0.2) is 107 Å². The van der Waals surface area contributed by atoms with Crippen molar-refractivity contribution in [3.05, 3.63) is 79.5 Å². The van der Waals surface area contributed by atoms with Gasteiger partial charge in [0.15, 0.2) is 22.4 Å². The fraction of sp³-hybridized carbons (Fsp3) is 0.468.